The lowest BCUT2D eigenvalue weighted by atomic mass is 10.0. The lowest BCUT2D eigenvalue weighted by molar-refractivity contribution is -0.130. The number of Topliss-reactive ketones (excluding diaryl/α,β-unsaturated/α-hetero) is 2. The fourth-order valence-corrected chi connectivity index (χ4v) is 4.62. The molecular formula is C17H24NO6P. The summed E-state index contributed by atoms with van der Waals surface area (Å²) in [6.07, 6.45) is 0. The summed E-state index contributed by atoms with van der Waals surface area (Å²) in [5.41, 5.74) is 0.304. The molecule has 0 spiro atoms. The zero-order valence-electron chi connectivity index (χ0n) is 14.9. The smallest absolute Gasteiger partial charge is 0.337 e. The molecule has 1 unspecified atom stereocenters. The minimum Gasteiger partial charge on any atom is -0.337 e. The van der Waals surface area contributed by atoms with Gasteiger partial charge < -0.3 is 14.4 Å². The third-order valence-corrected chi connectivity index (χ3v) is 5.81. The molecule has 138 valence electrons. The van der Waals surface area contributed by atoms with Crippen LogP contribution in [0.25, 0.3) is 0 Å². The molecular weight excluding hydrogens is 345 g/mol. The number of rotatable bonds is 10. The zero-order valence-corrected chi connectivity index (χ0v) is 15.7. The van der Waals surface area contributed by atoms with E-state index in [9.17, 15) is 18.9 Å². The lowest BCUT2D eigenvalue weighted by Gasteiger charge is -2.30. The normalized spacial score (nSPS) is 12.7. The van der Waals surface area contributed by atoms with Crippen molar-refractivity contribution in [1.29, 1.82) is 0 Å². The molecule has 0 bridgehead atoms. The molecule has 0 aromatic heterocycles. The largest absolute Gasteiger partial charge is 0.353 e. The van der Waals surface area contributed by atoms with Crippen molar-refractivity contribution in [2.75, 3.05) is 13.2 Å². The van der Waals surface area contributed by atoms with Gasteiger partial charge in [-0.25, -0.2) is 0 Å². The minimum absolute atomic E-state index is 0.0392. The number of hydrogen-bond donors (Lipinski definition) is 1. The summed E-state index contributed by atoms with van der Waals surface area (Å²) in [4.78, 5) is 36.5. The molecule has 0 saturated carbocycles. The van der Waals surface area contributed by atoms with E-state index in [1.807, 2.05) is 0 Å². The Morgan fingerprint density at radius 3 is 1.88 bits per heavy atom. The monoisotopic (exact) mass is 369 g/mol. The second-order valence-corrected chi connectivity index (χ2v) is 7.51. The van der Waals surface area contributed by atoms with E-state index in [0.717, 1.165) is 0 Å². The molecule has 0 heterocycles. The quantitative estimate of drug-likeness (QED) is 0.503. The number of ketones is 2. The van der Waals surface area contributed by atoms with Gasteiger partial charge in [0.05, 0.1) is 13.2 Å². The van der Waals surface area contributed by atoms with E-state index in [0.29, 0.717) is 5.56 Å². The Hall–Kier alpha value is -1.82. The Balaban J connectivity index is 3.31. The molecule has 1 atom stereocenters. The van der Waals surface area contributed by atoms with Gasteiger partial charge in [0.25, 0.3) is 5.91 Å². The van der Waals surface area contributed by atoms with Gasteiger partial charge in [-0.15, -0.1) is 0 Å². The molecule has 7 nitrogen and oxygen atoms in total. The van der Waals surface area contributed by atoms with E-state index in [2.05, 4.69) is 5.32 Å². The molecule has 1 N–H and O–H groups in total. The Morgan fingerprint density at radius 2 is 1.48 bits per heavy atom. The standard InChI is InChI=1S/C17H24NO6P/c1-5-23-25(22,24-6-2)17(15(12(3)19)13(4)20)18-16(21)14-10-8-7-9-11-14/h7-11,15,17H,5-6H2,1-4H3,(H,18,21). The summed E-state index contributed by atoms with van der Waals surface area (Å²) in [6.45, 7) is 5.71. The molecule has 1 aromatic rings. The minimum atomic E-state index is -3.94. The molecule has 0 aliphatic rings. The van der Waals surface area contributed by atoms with Gasteiger partial charge in [0.2, 0.25) is 0 Å². The van der Waals surface area contributed by atoms with E-state index in [1.165, 1.54) is 13.8 Å². The maximum Gasteiger partial charge on any atom is 0.353 e. The number of carbonyl (C=O) groups excluding carboxylic acids is 3. The number of nitrogens with one attached hydrogen (secondary N) is 1. The number of carbonyl (C=O) groups is 3. The highest BCUT2D eigenvalue weighted by molar-refractivity contribution is 7.54. The zero-order chi connectivity index (χ0) is 19.0. The second kappa shape index (κ2) is 9.61. The van der Waals surface area contributed by atoms with Crippen LogP contribution in [0.1, 0.15) is 38.1 Å². The SMILES string of the molecule is CCOP(=O)(OCC)C(NC(=O)c1ccccc1)C(C(C)=O)C(C)=O. The average molecular weight is 369 g/mol. The van der Waals surface area contributed by atoms with Crippen LogP contribution in [0.15, 0.2) is 30.3 Å². The van der Waals surface area contributed by atoms with Gasteiger partial charge in [0.1, 0.15) is 23.3 Å². The summed E-state index contributed by atoms with van der Waals surface area (Å²) < 4.78 is 23.7. The van der Waals surface area contributed by atoms with Crippen molar-refractivity contribution in [3.63, 3.8) is 0 Å². The van der Waals surface area contributed by atoms with Crippen molar-refractivity contribution in [2.45, 2.75) is 33.5 Å². The summed E-state index contributed by atoms with van der Waals surface area (Å²) in [5.74, 6) is -4.33. The summed E-state index contributed by atoms with van der Waals surface area (Å²) in [6, 6.07) is 8.21. The van der Waals surface area contributed by atoms with Gasteiger partial charge in [-0.3, -0.25) is 18.9 Å². The van der Waals surface area contributed by atoms with Crippen LogP contribution in [-0.4, -0.2) is 36.5 Å². The van der Waals surface area contributed by atoms with Crippen molar-refractivity contribution in [1.82, 2.24) is 5.32 Å². The first-order valence-corrected chi connectivity index (χ1v) is 9.63. The predicted octanol–water partition coefficient (Wildman–Crippen LogP) is 2.80. The number of hydrogen-bond acceptors (Lipinski definition) is 6. The van der Waals surface area contributed by atoms with Crippen molar-refractivity contribution in [2.24, 2.45) is 5.92 Å². The third-order valence-electron chi connectivity index (χ3n) is 3.47. The van der Waals surface area contributed by atoms with Gasteiger partial charge in [0, 0.05) is 5.56 Å². The van der Waals surface area contributed by atoms with Crippen LogP contribution in [-0.2, 0) is 23.2 Å². The van der Waals surface area contributed by atoms with Crippen molar-refractivity contribution >= 4 is 25.1 Å². The molecule has 0 saturated heterocycles. The molecule has 0 aliphatic heterocycles. The fraction of sp³-hybridized carbons (Fsp3) is 0.471. The van der Waals surface area contributed by atoms with Crippen LogP contribution in [0, 0.1) is 5.92 Å². The van der Waals surface area contributed by atoms with Crippen molar-refractivity contribution in [3.8, 4) is 0 Å². The second-order valence-electron chi connectivity index (χ2n) is 5.36. The summed E-state index contributed by atoms with van der Waals surface area (Å²) in [7, 11) is -3.94. The van der Waals surface area contributed by atoms with E-state index in [-0.39, 0.29) is 13.2 Å². The Morgan fingerprint density at radius 1 is 1.00 bits per heavy atom. The van der Waals surface area contributed by atoms with Gasteiger partial charge in [-0.05, 0) is 39.8 Å². The highest BCUT2D eigenvalue weighted by Crippen LogP contribution is 2.54. The first-order valence-electron chi connectivity index (χ1n) is 8.02. The van der Waals surface area contributed by atoms with Crippen molar-refractivity contribution < 1.29 is 28.0 Å². The Labute approximate surface area is 147 Å². The van der Waals surface area contributed by atoms with Crippen LogP contribution in [0.2, 0.25) is 0 Å². The van der Waals surface area contributed by atoms with Crippen LogP contribution in [0.3, 0.4) is 0 Å². The fourth-order valence-electron chi connectivity index (χ4n) is 2.44. The summed E-state index contributed by atoms with van der Waals surface area (Å²) in [5, 5.41) is 2.51. The first-order chi connectivity index (χ1) is 11.8. The first kappa shape index (κ1) is 21.2. The van der Waals surface area contributed by atoms with E-state index >= 15 is 0 Å². The Kier molecular flexibility index (Phi) is 8.16. The van der Waals surface area contributed by atoms with Crippen LogP contribution in [0.4, 0.5) is 0 Å². The van der Waals surface area contributed by atoms with E-state index in [4.69, 9.17) is 9.05 Å². The van der Waals surface area contributed by atoms with Gasteiger partial charge in [0.15, 0.2) is 0 Å². The van der Waals surface area contributed by atoms with Crippen LogP contribution < -0.4 is 5.32 Å². The van der Waals surface area contributed by atoms with Gasteiger partial charge >= 0.3 is 7.60 Å². The Bertz CT molecular complexity index is 636. The molecule has 25 heavy (non-hydrogen) atoms. The van der Waals surface area contributed by atoms with Crippen LogP contribution in [0.5, 0.6) is 0 Å². The third kappa shape index (κ3) is 5.59. The molecule has 0 fully saturated rings. The summed E-state index contributed by atoms with van der Waals surface area (Å²) >= 11 is 0. The van der Waals surface area contributed by atoms with Gasteiger partial charge in [-0.2, -0.15) is 0 Å². The van der Waals surface area contributed by atoms with Crippen molar-refractivity contribution in [3.05, 3.63) is 35.9 Å². The molecule has 1 aromatic carbocycles. The maximum absolute atomic E-state index is 13.2. The topological polar surface area (TPSA) is 98.8 Å². The number of benzene rings is 1. The molecule has 1 rings (SSSR count). The maximum atomic E-state index is 13.2. The average Bonchev–Trinajstić information content (AvgIpc) is 2.54. The molecule has 8 heteroatoms. The molecule has 0 radical (unpaired) electrons. The molecule has 0 aliphatic carbocycles. The number of amides is 1. The lowest BCUT2D eigenvalue weighted by Crippen LogP contribution is -2.46. The predicted molar refractivity (Wildman–Crippen MR) is 93.4 cm³/mol. The highest BCUT2D eigenvalue weighted by atomic mass is 31.2. The molecule has 1 amide bonds. The van der Waals surface area contributed by atoms with E-state index in [1.54, 1.807) is 44.2 Å². The highest BCUT2D eigenvalue weighted by Gasteiger charge is 2.46. The van der Waals surface area contributed by atoms with Crippen LogP contribution >= 0.6 is 7.60 Å². The van der Waals surface area contributed by atoms with E-state index < -0.39 is 36.8 Å². The van der Waals surface area contributed by atoms with Gasteiger partial charge in [-0.1, -0.05) is 18.2 Å².